The maximum Gasteiger partial charge on any atom is 0.0181 e. The van der Waals surface area contributed by atoms with E-state index in [4.69, 9.17) is 0 Å². The summed E-state index contributed by atoms with van der Waals surface area (Å²) in [6.45, 7) is 3.49. The highest BCUT2D eigenvalue weighted by Gasteiger charge is 1.85. The minimum atomic E-state index is 1.08. The Hall–Kier alpha value is -0.780. The molecule has 0 aliphatic heterocycles. The lowest BCUT2D eigenvalue weighted by Crippen LogP contribution is -1.68. The van der Waals surface area contributed by atoms with Crippen molar-refractivity contribution in [2.24, 2.45) is 0 Å². The minimum Gasteiger partial charge on any atom is -0.128 e. The quantitative estimate of drug-likeness (QED) is 0.603. The van der Waals surface area contributed by atoms with E-state index in [9.17, 15) is 0 Å². The predicted octanol–water partition coefficient (Wildman–Crippen LogP) is 3.25. The molecule has 0 fully saturated rings. The number of hydrogen-bond acceptors (Lipinski definition) is 0. The monoisotopic (exact) mass is 194 g/mol. The van der Waals surface area contributed by atoms with Gasteiger partial charge in [-0.15, -0.1) is 5.73 Å². The fourth-order valence-corrected chi connectivity index (χ4v) is 1.13. The molecule has 0 nitrogen and oxygen atoms in total. The summed E-state index contributed by atoms with van der Waals surface area (Å²) in [4.78, 5) is 0. The lowest BCUT2D eigenvalue weighted by atomic mass is 10.2. The summed E-state index contributed by atoms with van der Waals surface area (Å²) in [5.41, 5.74) is 3.83. The van der Waals surface area contributed by atoms with Gasteiger partial charge in [-0.25, -0.2) is 0 Å². The second-order valence-electron chi connectivity index (χ2n) is 1.90. The molecule has 0 aliphatic rings. The van der Waals surface area contributed by atoms with Crippen LogP contribution in [0.3, 0.4) is 0 Å². The van der Waals surface area contributed by atoms with Crippen LogP contribution in [0.5, 0.6) is 0 Å². The van der Waals surface area contributed by atoms with Gasteiger partial charge in [0.25, 0.3) is 0 Å². The molecular formula is C9H7Br. The molecule has 1 rings (SSSR count). The lowest BCUT2D eigenvalue weighted by Gasteiger charge is -1.90. The Balaban J connectivity index is 3.06. The van der Waals surface area contributed by atoms with Gasteiger partial charge in [0.05, 0.1) is 0 Å². The molecule has 50 valence electrons. The molecule has 1 heteroatoms. The summed E-state index contributed by atoms with van der Waals surface area (Å²) in [6.07, 6.45) is 1.84. The Morgan fingerprint density at radius 2 is 2.30 bits per heavy atom. The molecule has 0 spiro atoms. The van der Waals surface area contributed by atoms with E-state index in [1.165, 1.54) is 0 Å². The second-order valence-corrected chi connectivity index (χ2v) is 2.82. The molecule has 0 unspecified atom stereocenters. The molecule has 0 aliphatic carbocycles. The third-order valence-electron chi connectivity index (χ3n) is 1.12. The molecule has 10 heavy (non-hydrogen) atoms. The molecule has 0 bridgehead atoms. The van der Waals surface area contributed by atoms with E-state index < -0.39 is 0 Å². The molecule has 1 aromatic rings. The summed E-state index contributed by atoms with van der Waals surface area (Å²) in [5, 5.41) is 0. The van der Waals surface area contributed by atoms with E-state index in [0.29, 0.717) is 0 Å². The van der Waals surface area contributed by atoms with Crippen molar-refractivity contribution >= 4 is 22.0 Å². The first-order chi connectivity index (χ1) is 4.83. The van der Waals surface area contributed by atoms with Crippen molar-refractivity contribution in [3.05, 3.63) is 46.6 Å². The van der Waals surface area contributed by atoms with Gasteiger partial charge in [0.1, 0.15) is 0 Å². The van der Waals surface area contributed by atoms with Crippen molar-refractivity contribution in [2.45, 2.75) is 0 Å². The standard InChI is InChI=1S/C9H7Br/c1-2-4-8-5-3-6-9(10)7-8/h3-7H,1H2. The number of halogens is 1. The van der Waals surface area contributed by atoms with Crippen LogP contribution in [-0.4, -0.2) is 0 Å². The summed E-state index contributed by atoms with van der Waals surface area (Å²) in [5.74, 6) is 0. The first kappa shape index (κ1) is 7.33. The van der Waals surface area contributed by atoms with Gasteiger partial charge in [-0.1, -0.05) is 34.6 Å². The van der Waals surface area contributed by atoms with Crippen molar-refractivity contribution in [3.63, 3.8) is 0 Å². The third-order valence-corrected chi connectivity index (χ3v) is 1.61. The van der Waals surface area contributed by atoms with E-state index in [0.717, 1.165) is 10.0 Å². The zero-order valence-electron chi connectivity index (χ0n) is 5.47. The molecule has 0 heterocycles. The van der Waals surface area contributed by atoms with Crippen LogP contribution < -0.4 is 0 Å². The molecule has 0 saturated heterocycles. The molecule has 0 aromatic heterocycles. The molecule has 0 radical (unpaired) electrons. The summed E-state index contributed by atoms with van der Waals surface area (Å²) in [6, 6.07) is 7.98. The second kappa shape index (κ2) is 3.40. The first-order valence-electron chi connectivity index (χ1n) is 2.94. The van der Waals surface area contributed by atoms with Gasteiger partial charge in [0.2, 0.25) is 0 Å². The molecule has 0 N–H and O–H groups in total. The number of hydrogen-bond donors (Lipinski definition) is 0. The highest BCUT2D eigenvalue weighted by molar-refractivity contribution is 9.10. The zero-order valence-corrected chi connectivity index (χ0v) is 7.06. The van der Waals surface area contributed by atoms with Crippen molar-refractivity contribution in [1.29, 1.82) is 0 Å². The van der Waals surface area contributed by atoms with Gasteiger partial charge in [-0.2, -0.15) is 0 Å². The fraction of sp³-hybridized carbons (Fsp3) is 0. The Morgan fingerprint density at radius 3 is 2.90 bits per heavy atom. The fourth-order valence-electron chi connectivity index (χ4n) is 0.714. The summed E-state index contributed by atoms with van der Waals surface area (Å²) < 4.78 is 1.08. The Morgan fingerprint density at radius 1 is 1.50 bits per heavy atom. The lowest BCUT2D eigenvalue weighted by molar-refractivity contribution is 1.61. The van der Waals surface area contributed by atoms with Crippen molar-refractivity contribution in [3.8, 4) is 0 Å². The molecule has 0 amide bonds. The maximum atomic E-state index is 3.49. The minimum absolute atomic E-state index is 1.08. The van der Waals surface area contributed by atoms with Crippen LogP contribution in [0.15, 0.2) is 41.0 Å². The topological polar surface area (TPSA) is 0 Å². The van der Waals surface area contributed by atoms with E-state index in [1.807, 2.05) is 30.3 Å². The Labute approximate surface area is 69.0 Å². The van der Waals surface area contributed by atoms with Gasteiger partial charge in [0, 0.05) is 4.47 Å². The van der Waals surface area contributed by atoms with E-state index in [-0.39, 0.29) is 0 Å². The smallest absolute Gasteiger partial charge is 0.0181 e. The SMILES string of the molecule is C=C=Cc1cccc(Br)c1. The largest absolute Gasteiger partial charge is 0.128 e. The van der Waals surface area contributed by atoms with Crippen molar-refractivity contribution in [1.82, 2.24) is 0 Å². The first-order valence-corrected chi connectivity index (χ1v) is 3.73. The molecule has 0 atom stereocenters. The predicted molar refractivity (Wildman–Crippen MR) is 47.7 cm³/mol. The highest BCUT2D eigenvalue weighted by Crippen LogP contribution is 2.11. The average molecular weight is 195 g/mol. The number of rotatable bonds is 1. The van der Waals surface area contributed by atoms with Crippen LogP contribution in [0.25, 0.3) is 6.08 Å². The normalized spacial score (nSPS) is 8.50. The third kappa shape index (κ3) is 1.87. The van der Waals surface area contributed by atoms with Crippen LogP contribution in [-0.2, 0) is 0 Å². The van der Waals surface area contributed by atoms with Crippen molar-refractivity contribution < 1.29 is 0 Å². The molecule has 1 aromatic carbocycles. The van der Waals surface area contributed by atoms with E-state index in [2.05, 4.69) is 28.2 Å². The Bertz CT molecular complexity index is 270. The van der Waals surface area contributed by atoms with Crippen molar-refractivity contribution in [2.75, 3.05) is 0 Å². The average Bonchev–Trinajstić information content (AvgIpc) is 1.88. The highest BCUT2D eigenvalue weighted by atomic mass is 79.9. The van der Waals surface area contributed by atoms with Crippen LogP contribution >= 0.6 is 15.9 Å². The summed E-state index contributed by atoms with van der Waals surface area (Å²) >= 11 is 3.36. The van der Waals surface area contributed by atoms with Gasteiger partial charge in [-0.3, -0.25) is 0 Å². The van der Waals surface area contributed by atoms with E-state index in [1.54, 1.807) is 0 Å². The number of benzene rings is 1. The van der Waals surface area contributed by atoms with Gasteiger partial charge >= 0.3 is 0 Å². The van der Waals surface area contributed by atoms with Crippen LogP contribution in [0.2, 0.25) is 0 Å². The van der Waals surface area contributed by atoms with Crippen LogP contribution in [0.1, 0.15) is 5.56 Å². The van der Waals surface area contributed by atoms with Gasteiger partial charge < -0.3 is 0 Å². The van der Waals surface area contributed by atoms with Gasteiger partial charge in [0.15, 0.2) is 0 Å². The van der Waals surface area contributed by atoms with Gasteiger partial charge in [-0.05, 0) is 23.8 Å². The maximum absolute atomic E-state index is 3.49. The molecule has 0 saturated carbocycles. The van der Waals surface area contributed by atoms with Crippen LogP contribution in [0.4, 0.5) is 0 Å². The summed E-state index contributed by atoms with van der Waals surface area (Å²) in [7, 11) is 0. The molecular weight excluding hydrogens is 188 g/mol. The Kier molecular flexibility index (Phi) is 2.49. The van der Waals surface area contributed by atoms with Crippen LogP contribution in [0, 0.1) is 0 Å². The van der Waals surface area contributed by atoms with E-state index >= 15 is 0 Å². The zero-order chi connectivity index (χ0) is 7.40.